The molecule has 3 N–H and O–H groups in total. The van der Waals surface area contributed by atoms with Crippen molar-refractivity contribution in [1.29, 1.82) is 0 Å². The Morgan fingerprint density at radius 1 is 1.34 bits per heavy atom. The Kier molecular flexibility index (Phi) is 6.45. The number of likely N-dealkylation sites (tertiary alicyclic amines) is 1. The van der Waals surface area contributed by atoms with Crippen LogP contribution >= 0.6 is 11.3 Å². The lowest BCUT2D eigenvalue weighted by Crippen LogP contribution is -2.45. The van der Waals surface area contributed by atoms with Gasteiger partial charge in [-0.15, -0.1) is 11.3 Å². The van der Waals surface area contributed by atoms with Crippen molar-refractivity contribution in [3.8, 4) is 0 Å². The highest BCUT2D eigenvalue weighted by molar-refractivity contribution is 7.87. The average molecular weight is 441 g/mol. The number of nitrogens with zero attached hydrogens (tertiary/aromatic N) is 2. The monoisotopic (exact) mass is 440 g/mol. The van der Waals surface area contributed by atoms with Gasteiger partial charge in [-0.05, 0) is 75.8 Å². The maximum Gasteiger partial charge on any atom is 0.274 e. The Morgan fingerprint density at radius 2 is 2.10 bits per heavy atom. The van der Waals surface area contributed by atoms with Crippen molar-refractivity contribution < 1.29 is 12.8 Å². The van der Waals surface area contributed by atoms with Gasteiger partial charge in [-0.1, -0.05) is 6.07 Å². The van der Waals surface area contributed by atoms with E-state index in [1.807, 2.05) is 19.2 Å². The molecule has 0 aromatic carbocycles. The van der Waals surface area contributed by atoms with E-state index in [2.05, 4.69) is 34.5 Å². The van der Waals surface area contributed by atoms with Gasteiger partial charge in [0.1, 0.15) is 0 Å². The Labute approximate surface area is 176 Å². The van der Waals surface area contributed by atoms with Crippen LogP contribution in [0.25, 0.3) is 0 Å². The Hall–Kier alpha value is -1.39. The number of hydrogen-bond acceptors (Lipinski definition) is 5. The Balaban J connectivity index is 1.78. The first-order valence-electron chi connectivity index (χ1n) is 9.69. The quantitative estimate of drug-likeness (QED) is 0.661. The number of hydrogen-bond donors (Lipinski definition) is 2. The van der Waals surface area contributed by atoms with Gasteiger partial charge in [-0.25, -0.2) is 9.86 Å². The van der Waals surface area contributed by atoms with Gasteiger partial charge in [0.05, 0.1) is 0 Å². The molecule has 1 aliphatic heterocycles. The molecule has 1 aliphatic rings. The zero-order chi connectivity index (χ0) is 21.3. The maximum atomic E-state index is 13.4. The lowest BCUT2D eigenvalue weighted by atomic mass is 9.82. The molecule has 0 amide bonds. The summed E-state index contributed by atoms with van der Waals surface area (Å²) in [6.45, 7) is 8.13. The molecule has 160 valence electrons. The minimum absolute atomic E-state index is 0.197. The van der Waals surface area contributed by atoms with Crippen LogP contribution in [0.3, 0.4) is 0 Å². The molecule has 0 radical (unpaired) electrons. The summed E-state index contributed by atoms with van der Waals surface area (Å²) < 4.78 is 38.9. The second-order valence-electron chi connectivity index (χ2n) is 8.49. The number of aryl methyl sites for hydroxylation is 2. The molecule has 1 fully saturated rings. The third-order valence-electron chi connectivity index (χ3n) is 6.03. The van der Waals surface area contributed by atoms with Crippen molar-refractivity contribution in [1.82, 2.24) is 14.6 Å². The van der Waals surface area contributed by atoms with Crippen molar-refractivity contribution in [3.05, 3.63) is 51.7 Å². The molecule has 6 nitrogen and oxygen atoms in total. The third kappa shape index (κ3) is 5.61. The molecule has 2 aromatic rings. The topological polar surface area (TPSA) is 88.3 Å². The van der Waals surface area contributed by atoms with E-state index in [0.29, 0.717) is 6.42 Å². The van der Waals surface area contributed by atoms with Crippen LogP contribution in [0.5, 0.6) is 0 Å². The highest BCUT2D eigenvalue weighted by atomic mass is 32.2. The number of aromatic nitrogens is 1. The van der Waals surface area contributed by atoms with Crippen molar-refractivity contribution in [2.45, 2.75) is 45.6 Å². The van der Waals surface area contributed by atoms with Gasteiger partial charge in [-0.3, -0.25) is 9.88 Å². The smallest absolute Gasteiger partial charge is 0.274 e. The molecule has 9 heteroatoms. The van der Waals surface area contributed by atoms with E-state index in [-0.39, 0.29) is 22.6 Å². The molecule has 3 heterocycles. The summed E-state index contributed by atoms with van der Waals surface area (Å²) in [6, 6.07) is 7.38. The first-order valence-corrected chi connectivity index (χ1v) is 12.1. The molecule has 0 spiro atoms. The minimum atomic E-state index is -3.77. The first kappa shape index (κ1) is 22.3. The maximum absolute atomic E-state index is 13.4. The summed E-state index contributed by atoms with van der Waals surface area (Å²) in [5.41, 5.74) is 1.60. The van der Waals surface area contributed by atoms with Crippen molar-refractivity contribution >= 4 is 21.5 Å². The summed E-state index contributed by atoms with van der Waals surface area (Å²) in [7, 11) is -3.77. The Bertz CT molecular complexity index is 944. The zero-order valence-corrected chi connectivity index (χ0v) is 18.7. The van der Waals surface area contributed by atoms with Crippen molar-refractivity contribution in [2.75, 3.05) is 19.6 Å². The SMILES string of the molecule is Cc1ccc(C(C)(C)N2CC[C@](CCc3ccc(F)s3)(CNS(N)(=O)=O)C2)cn1. The second-order valence-corrected chi connectivity index (χ2v) is 11.0. The predicted octanol–water partition coefficient (Wildman–Crippen LogP) is 2.94. The second kappa shape index (κ2) is 8.39. The summed E-state index contributed by atoms with van der Waals surface area (Å²) in [5, 5.41) is 5.00. The molecule has 2 aromatic heterocycles. The van der Waals surface area contributed by atoms with E-state index >= 15 is 0 Å². The lowest BCUT2D eigenvalue weighted by molar-refractivity contribution is 0.128. The lowest BCUT2D eigenvalue weighted by Gasteiger charge is -2.38. The largest absolute Gasteiger partial charge is 0.293 e. The molecular formula is C20H29FN4O2S2. The predicted molar refractivity (Wildman–Crippen MR) is 114 cm³/mol. The first-order chi connectivity index (χ1) is 13.5. The minimum Gasteiger partial charge on any atom is -0.293 e. The molecule has 0 bridgehead atoms. The van der Waals surface area contributed by atoms with E-state index in [1.165, 1.54) is 6.07 Å². The van der Waals surface area contributed by atoms with E-state index in [0.717, 1.165) is 53.4 Å². The van der Waals surface area contributed by atoms with Gasteiger partial charge in [0.15, 0.2) is 5.13 Å². The summed E-state index contributed by atoms with van der Waals surface area (Å²) in [5.74, 6) is 0. The standard InChI is InChI=1S/C20H29FN4O2S2/c1-15-4-5-16(12-23-15)19(2,3)25-11-10-20(14-25,13-24-29(22,26)27)9-8-17-6-7-18(21)28-17/h4-7,12,24H,8-11,13-14H2,1-3H3,(H2,22,26,27)/t20-/m1/s1. The fourth-order valence-corrected chi connectivity index (χ4v) is 5.22. The zero-order valence-electron chi connectivity index (χ0n) is 17.1. The number of nitrogens with two attached hydrogens (primary N) is 1. The molecule has 0 saturated carbocycles. The molecular weight excluding hydrogens is 411 g/mol. The van der Waals surface area contributed by atoms with E-state index in [9.17, 15) is 12.8 Å². The van der Waals surface area contributed by atoms with Gasteiger partial charge >= 0.3 is 0 Å². The molecule has 0 unspecified atom stereocenters. The van der Waals surface area contributed by atoms with Crippen LogP contribution < -0.4 is 9.86 Å². The van der Waals surface area contributed by atoms with Crippen LogP contribution in [0.4, 0.5) is 4.39 Å². The number of thiophene rings is 1. The molecule has 1 saturated heterocycles. The van der Waals surface area contributed by atoms with E-state index in [1.54, 1.807) is 6.07 Å². The Morgan fingerprint density at radius 3 is 2.69 bits per heavy atom. The third-order valence-corrected chi connectivity index (χ3v) is 7.51. The summed E-state index contributed by atoms with van der Waals surface area (Å²) in [4.78, 5) is 7.78. The van der Waals surface area contributed by atoms with Crippen LogP contribution in [-0.4, -0.2) is 37.9 Å². The van der Waals surface area contributed by atoms with Crippen LogP contribution in [-0.2, 0) is 22.2 Å². The van der Waals surface area contributed by atoms with Crippen LogP contribution in [0.15, 0.2) is 30.5 Å². The van der Waals surface area contributed by atoms with Gasteiger partial charge < -0.3 is 0 Å². The fraction of sp³-hybridized carbons (Fsp3) is 0.550. The summed E-state index contributed by atoms with van der Waals surface area (Å²) >= 11 is 1.15. The average Bonchev–Trinajstić information content (AvgIpc) is 3.26. The van der Waals surface area contributed by atoms with Crippen LogP contribution in [0.2, 0.25) is 0 Å². The van der Waals surface area contributed by atoms with Gasteiger partial charge in [0.25, 0.3) is 10.2 Å². The van der Waals surface area contributed by atoms with Crippen LogP contribution in [0, 0.1) is 17.5 Å². The molecule has 0 aliphatic carbocycles. The van der Waals surface area contributed by atoms with Gasteiger partial charge in [-0.2, -0.15) is 12.8 Å². The highest BCUT2D eigenvalue weighted by Crippen LogP contribution is 2.41. The van der Waals surface area contributed by atoms with E-state index < -0.39 is 10.2 Å². The molecule has 3 rings (SSSR count). The number of pyridine rings is 1. The van der Waals surface area contributed by atoms with Crippen molar-refractivity contribution in [3.63, 3.8) is 0 Å². The normalized spacial score (nSPS) is 21.0. The number of rotatable bonds is 8. The summed E-state index contributed by atoms with van der Waals surface area (Å²) in [6.07, 6.45) is 4.22. The van der Waals surface area contributed by atoms with Crippen molar-refractivity contribution in [2.24, 2.45) is 10.6 Å². The molecule has 1 atom stereocenters. The highest BCUT2D eigenvalue weighted by Gasteiger charge is 2.43. The van der Waals surface area contributed by atoms with E-state index in [4.69, 9.17) is 5.14 Å². The fourth-order valence-electron chi connectivity index (χ4n) is 3.99. The van der Waals surface area contributed by atoms with Gasteiger partial charge in [0, 0.05) is 35.4 Å². The number of halogens is 1. The number of nitrogens with one attached hydrogen (secondary N) is 1. The van der Waals surface area contributed by atoms with Crippen LogP contribution in [0.1, 0.15) is 42.8 Å². The molecule has 29 heavy (non-hydrogen) atoms. The van der Waals surface area contributed by atoms with Gasteiger partial charge in [0.2, 0.25) is 0 Å².